The van der Waals surface area contributed by atoms with Gasteiger partial charge in [0, 0.05) is 19.7 Å². The Hall–Kier alpha value is -0.860. The summed E-state index contributed by atoms with van der Waals surface area (Å²) < 4.78 is 0. The number of nitrogens with one attached hydrogen (secondary N) is 1. The molecule has 0 spiro atoms. The molecule has 0 amide bonds. The van der Waals surface area contributed by atoms with Gasteiger partial charge in [-0.15, -0.1) is 0 Å². The van der Waals surface area contributed by atoms with Crippen molar-refractivity contribution in [3.05, 3.63) is 34.4 Å². The largest absolute Gasteiger partial charge is 0.396 e. The van der Waals surface area contributed by atoms with E-state index in [9.17, 15) is 0 Å². The Balaban J connectivity index is 2.60. The Morgan fingerprint density at radius 1 is 1.19 bits per heavy atom. The lowest BCUT2D eigenvalue weighted by Crippen LogP contribution is -2.23. The van der Waals surface area contributed by atoms with Gasteiger partial charge in [0.05, 0.1) is 0 Å². The highest BCUT2D eigenvalue weighted by molar-refractivity contribution is 5.37. The van der Waals surface area contributed by atoms with Crippen molar-refractivity contribution < 1.29 is 5.11 Å². The van der Waals surface area contributed by atoms with Crippen molar-refractivity contribution in [1.82, 2.24) is 5.32 Å². The predicted molar refractivity (Wildman–Crippen MR) is 68.6 cm³/mol. The number of aliphatic hydroxyl groups excluding tert-OH is 1. The number of aliphatic hydroxyl groups is 1. The molecule has 1 unspecified atom stereocenters. The molecule has 2 N–H and O–H groups in total. The van der Waals surface area contributed by atoms with Crippen LogP contribution in [0.1, 0.15) is 29.2 Å². The Morgan fingerprint density at radius 2 is 1.75 bits per heavy atom. The van der Waals surface area contributed by atoms with Crippen LogP contribution in [-0.2, 0) is 6.54 Å². The normalized spacial score (nSPS) is 12.8. The quantitative estimate of drug-likeness (QED) is 0.800. The molecule has 0 aromatic heterocycles. The van der Waals surface area contributed by atoms with Gasteiger partial charge in [0.1, 0.15) is 0 Å². The van der Waals surface area contributed by atoms with Crippen LogP contribution in [-0.4, -0.2) is 18.3 Å². The topological polar surface area (TPSA) is 32.3 Å². The van der Waals surface area contributed by atoms with Crippen molar-refractivity contribution in [3.63, 3.8) is 0 Å². The number of hydrogen-bond acceptors (Lipinski definition) is 2. The Morgan fingerprint density at radius 3 is 2.25 bits per heavy atom. The minimum atomic E-state index is 0.249. The maximum absolute atomic E-state index is 8.94. The van der Waals surface area contributed by atoms with Crippen LogP contribution in [0.4, 0.5) is 0 Å². The van der Waals surface area contributed by atoms with E-state index in [2.05, 4.69) is 38.2 Å². The molecule has 0 saturated carbocycles. The molecular weight excluding hydrogens is 198 g/mol. The smallest absolute Gasteiger partial charge is 0.0468 e. The Kier molecular flexibility index (Phi) is 4.97. The lowest BCUT2D eigenvalue weighted by Gasteiger charge is -2.14. The highest BCUT2D eigenvalue weighted by Crippen LogP contribution is 2.15. The minimum Gasteiger partial charge on any atom is -0.396 e. The highest BCUT2D eigenvalue weighted by atomic mass is 16.3. The van der Waals surface area contributed by atoms with E-state index in [0.29, 0.717) is 5.92 Å². The summed E-state index contributed by atoms with van der Waals surface area (Å²) in [6.07, 6.45) is 0. The molecule has 0 saturated heterocycles. The molecule has 2 heteroatoms. The monoisotopic (exact) mass is 221 g/mol. The standard InChI is InChI=1S/C14H23NO/c1-10-5-12(3)14(13(4)6-10)8-15-7-11(2)9-16/h5-6,11,15-16H,7-9H2,1-4H3. The second-order valence-corrected chi connectivity index (χ2v) is 4.80. The molecular formula is C14H23NO. The van der Waals surface area contributed by atoms with Crippen LogP contribution in [0, 0.1) is 26.7 Å². The van der Waals surface area contributed by atoms with E-state index in [1.165, 1.54) is 22.3 Å². The highest BCUT2D eigenvalue weighted by Gasteiger charge is 2.04. The fraction of sp³-hybridized carbons (Fsp3) is 0.571. The zero-order valence-electron chi connectivity index (χ0n) is 10.8. The van der Waals surface area contributed by atoms with Crippen LogP contribution in [0.15, 0.2) is 12.1 Å². The minimum absolute atomic E-state index is 0.249. The zero-order chi connectivity index (χ0) is 12.1. The first-order chi connectivity index (χ1) is 7.54. The van der Waals surface area contributed by atoms with Crippen molar-refractivity contribution in [2.24, 2.45) is 5.92 Å². The van der Waals surface area contributed by atoms with Gasteiger partial charge in [-0.3, -0.25) is 0 Å². The van der Waals surface area contributed by atoms with Gasteiger partial charge in [-0.25, -0.2) is 0 Å². The average molecular weight is 221 g/mol. The maximum atomic E-state index is 8.94. The number of benzene rings is 1. The molecule has 1 atom stereocenters. The van der Waals surface area contributed by atoms with E-state index in [1.54, 1.807) is 0 Å². The molecule has 1 aromatic rings. The van der Waals surface area contributed by atoms with Crippen LogP contribution < -0.4 is 5.32 Å². The van der Waals surface area contributed by atoms with Gasteiger partial charge in [0.25, 0.3) is 0 Å². The van der Waals surface area contributed by atoms with Gasteiger partial charge in [-0.1, -0.05) is 24.6 Å². The molecule has 0 aliphatic heterocycles. The average Bonchev–Trinajstić information content (AvgIpc) is 2.21. The van der Waals surface area contributed by atoms with E-state index < -0.39 is 0 Å². The van der Waals surface area contributed by atoms with E-state index in [-0.39, 0.29) is 6.61 Å². The molecule has 0 radical (unpaired) electrons. The van der Waals surface area contributed by atoms with Crippen LogP contribution >= 0.6 is 0 Å². The summed E-state index contributed by atoms with van der Waals surface area (Å²) >= 11 is 0. The van der Waals surface area contributed by atoms with Crippen molar-refractivity contribution in [1.29, 1.82) is 0 Å². The summed E-state index contributed by atoms with van der Waals surface area (Å²) in [4.78, 5) is 0. The van der Waals surface area contributed by atoms with E-state index in [1.807, 2.05) is 6.92 Å². The predicted octanol–water partition coefficient (Wildman–Crippen LogP) is 2.33. The fourth-order valence-electron chi connectivity index (χ4n) is 2.00. The molecule has 1 rings (SSSR count). The van der Waals surface area contributed by atoms with E-state index >= 15 is 0 Å². The first-order valence-electron chi connectivity index (χ1n) is 5.93. The number of rotatable bonds is 5. The van der Waals surface area contributed by atoms with Gasteiger partial charge in [-0.05, 0) is 43.4 Å². The lowest BCUT2D eigenvalue weighted by atomic mass is 10.00. The van der Waals surface area contributed by atoms with Crippen molar-refractivity contribution >= 4 is 0 Å². The molecule has 0 aliphatic carbocycles. The van der Waals surface area contributed by atoms with E-state index in [4.69, 9.17) is 5.11 Å². The SMILES string of the molecule is Cc1cc(C)c(CNCC(C)CO)c(C)c1. The second-order valence-electron chi connectivity index (χ2n) is 4.80. The van der Waals surface area contributed by atoms with Gasteiger partial charge in [-0.2, -0.15) is 0 Å². The third-order valence-corrected chi connectivity index (χ3v) is 2.95. The third-order valence-electron chi connectivity index (χ3n) is 2.95. The molecule has 0 aliphatic rings. The van der Waals surface area contributed by atoms with Crippen molar-refractivity contribution in [3.8, 4) is 0 Å². The van der Waals surface area contributed by atoms with Crippen molar-refractivity contribution in [2.45, 2.75) is 34.2 Å². The first kappa shape index (κ1) is 13.2. The lowest BCUT2D eigenvalue weighted by molar-refractivity contribution is 0.233. The first-order valence-corrected chi connectivity index (χ1v) is 5.93. The van der Waals surface area contributed by atoms with Gasteiger partial charge < -0.3 is 10.4 Å². The summed E-state index contributed by atoms with van der Waals surface area (Å²) in [6, 6.07) is 4.44. The Bertz CT molecular complexity index is 324. The van der Waals surface area contributed by atoms with Crippen molar-refractivity contribution in [2.75, 3.05) is 13.2 Å². The second kappa shape index (κ2) is 6.02. The van der Waals surface area contributed by atoms with Crippen LogP contribution in [0.25, 0.3) is 0 Å². The summed E-state index contributed by atoms with van der Waals surface area (Å²) in [5.41, 5.74) is 5.40. The van der Waals surface area contributed by atoms with Gasteiger partial charge in [0.15, 0.2) is 0 Å². The number of hydrogen-bond donors (Lipinski definition) is 2. The number of aryl methyl sites for hydroxylation is 3. The zero-order valence-corrected chi connectivity index (χ0v) is 10.8. The molecule has 16 heavy (non-hydrogen) atoms. The fourth-order valence-corrected chi connectivity index (χ4v) is 2.00. The summed E-state index contributed by atoms with van der Waals surface area (Å²) in [5, 5.41) is 12.3. The molecule has 0 heterocycles. The summed E-state index contributed by atoms with van der Waals surface area (Å²) in [7, 11) is 0. The molecule has 2 nitrogen and oxygen atoms in total. The van der Waals surface area contributed by atoms with Crippen LogP contribution in [0.3, 0.4) is 0 Å². The van der Waals surface area contributed by atoms with Crippen LogP contribution in [0.5, 0.6) is 0 Å². The summed E-state index contributed by atoms with van der Waals surface area (Å²) in [5.74, 6) is 0.325. The molecule has 1 aromatic carbocycles. The Labute approximate surface area is 98.7 Å². The van der Waals surface area contributed by atoms with Gasteiger partial charge in [0.2, 0.25) is 0 Å². The summed E-state index contributed by atoms with van der Waals surface area (Å²) in [6.45, 7) is 10.5. The molecule has 0 bridgehead atoms. The van der Waals surface area contributed by atoms with Crippen LogP contribution in [0.2, 0.25) is 0 Å². The van der Waals surface area contributed by atoms with E-state index in [0.717, 1.165) is 13.1 Å². The molecule has 0 fully saturated rings. The van der Waals surface area contributed by atoms with Gasteiger partial charge >= 0.3 is 0 Å². The third kappa shape index (κ3) is 3.62. The maximum Gasteiger partial charge on any atom is 0.0468 e. The molecule has 90 valence electrons.